The van der Waals surface area contributed by atoms with Crippen molar-refractivity contribution in [3.05, 3.63) is 46.4 Å². The molecule has 0 saturated carbocycles. The molecular formula is C17H19N3O3S. The molecule has 1 atom stereocenters. The number of amides is 1. The van der Waals surface area contributed by atoms with E-state index in [1.807, 2.05) is 40.6 Å². The smallest absolute Gasteiger partial charge is 0.320 e. The summed E-state index contributed by atoms with van der Waals surface area (Å²) in [6, 6.07) is 8.88. The average molecular weight is 345 g/mol. The van der Waals surface area contributed by atoms with Gasteiger partial charge < -0.3 is 10.4 Å². The van der Waals surface area contributed by atoms with E-state index in [-0.39, 0.29) is 12.3 Å². The van der Waals surface area contributed by atoms with Gasteiger partial charge in [-0.15, -0.1) is 11.3 Å². The summed E-state index contributed by atoms with van der Waals surface area (Å²) in [5.74, 6) is -0.878. The third-order valence-corrected chi connectivity index (χ3v) is 4.88. The molecule has 1 saturated heterocycles. The van der Waals surface area contributed by atoms with Crippen LogP contribution in [-0.2, 0) is 22.6 Å². The fraction of sp³-hybridized carbons (Fsp3) is 0.353. The minimum atomic E-state index is -0.773. The molecule has 0 unspecified atom stereocenters. The van der Waals surface area contributed by atoms with Crippen molar-refractivity contribution in [2.45, 2.75) is 31.8 Å². The molecule has 1 aliphatic heterocycles. The van der Waals surface area contributed by atoms with Crippen LogP contribution < -0.4 is 5.32 Å². The summed E-state index contributed by atoms with van der Waals surface area (Å²) in [5, 5.41) is 14.7. The van der Waals surface area contributed by atoms with Crippen molar-refractivity contribution in [3.63, 3.8) is 0 Å². The predicted molar refractivity (Wildman–Crippen MR) is 92.0 cm³/mol. The van der Waals surface area contributed by atoms with Gasteiger partial charge in [0.05, 0.1) is 12.1 Å². The van der Waals surface area contributed by atoms with Crippen LogP contribution in [0.2, 0.25) is 0 Å². The Morgan fingerprint density at radius 3 is 2.88 bits per heavy atom. The number of anilines is 1. The first-order valence-corrected chi connectivity index (χ1v) is 8.75. The van der Waals surface area contributed by atoms with Crippen molar-refractivity contribution in [1.82, 2.24) is 9.88 Å². The van der Waals surface area contributed by atoms with E-state index in [0.717, 1.165) is 29.4 Å². The van der Waals surface area contributed by atoms with Crippen LogP contribution >= 0.6 is 11.3 Å². The number of rotatable bonds is 6. The third kappa shape index (κ3) is 4.18. The molecule has 0 aliphatic carbocycles. The molecule has 2 heterocycles. The molecule has 6 nitrogen and oxygen atoms in total. The second-order valence-corrected chi connectivity index (χ2v) is 6.73. The maximum atomic E-state index is 12.0. The van der Waals surface area contributed by atoms with Gasteiger partial charge >= 0.3 is 5.97 Å². The summed E-state index contributed by atoms with van der Waals surface area (Å²) in [4.78, 5) is 29.7. The van der Waals surface area contributed by atoms with Gasteiger partial charge in [-0.3, -0.25) is 14.5 Å². The van der Waals surface area contributed by atoms with Gasteiger partial charge in [0.2, 0.25) is 5.91 Å². The van der Waals surface area contributed by atoms with E-state index in [2.05, 4.69) is 10.3 Å². The molecule has 2 aromatic rings. The van der Waals surface area contributed by atoms with Crippen molar-refractivity contribution in [2.24, 2.45) is 0 Å². The first-order chi connectivity index (χ1) is 11.6. The highest BCUT2D eigenvalue weighted by molar-refractivity contribution is 7.09. The summed E-state index contributed by atoms with van der Waals surface area (Å²) in [6.07, 6.45) is 1.81. The van der Waals surface area contributed by atoms with Gasteiger partial charge in [0.25, 0.3) is 0 Å². The van der Waals surface area contributed by atoms with Crippen molar-refractivity contribution in [2.75, 3.05) is 11.9 Å². The van der Waals surface area contributed by atoms with E-state index in [9.17, 15) is 14.7 Å². The zero-order valence-corrected chi connectivity index (χ0v) is 14.0. The largest absolute Gasteiger partial charge is 0.480 e. The number of carboxylic acid groups (broad SMARTS) is 1. The number of hydrogen-bond donors (Lipinski definition) is 2. The second kappa shape index (κ2) is 7.55. The van der Waals surface area contributed by atoms with Gasteiger partial charge in [-0.2, -0.15) is 0 Å². The molecular weight excluding hydrogens is 326 g/mol. The van der Waals surface area contributed by atoms with E-state index in [1.54, 1.807) is 0 Å². The fourth-order valence-corrected chi connectivity index (χ4v) is 3.65. The number of nitrogens with one attached hydrogen (secondary N) is 1. The number of benzene rings is 1. The number of thiazole rings is 1. The van der Waals surface area contributed by atoms with E-state index in [0.29, 0.717) is 13.0 Å². The minimum Gasteiger partial charge on any atom is -0.480 e. The molecule has 0 bridgehead atoms. The minimum absolute atomic E-state index is 0.105. The maximum Gasteiger partial charge on any atom is 0.320 e. The molecule has 1 amide bonds. The molecule has 1 fully saturated rings. The quantitative estimate of drug-likeness (QED) is 0.840. The summed E-state index contributed by atoms with van der Waals surface area (Å²) in [7, 11) is 0. The van der Waals surface area contributed by atoms with E-state index in [4.69, 9.17) is 0 Å². The molecule has 7 heteroatoms. The lowest BCUT2D eigenvalue weighted by Gasteiger charge is -2.19. The number of carboxylic acids is 1. The Bertz CT molecular complexity index is 717. The lowest BCUT2D eigenvalue weighted by atomic mass is 10.2. The summed E-state index contributed by atoms with van der Waals surface area (Å²) in [5.41, 5.74) is 1.59. The highest BCUT2D eigenvalue weighted by Crippen LogP contribution is 2.21. The Morgan fingerprint density at radius 2 is 2.12 bits per heavy atom. The van der Waals surface area contributed by atoms with Crippen molar-refractivity contribution < 1.29 is 14.7 Å². The SMILES string of the molecule is O=C(Cc1nc(CN2CCC[C@@H]2C(=O)O)cs1)Nc1ccccc1. The van der Waals surface area contributed by atoms with Crippen LogP contribution in [0.1, 0.15) is 23.5 Å². The summed E-state index contributed by atoms with van der Waals surface area (Å²) >= 11 is 1.44. The Balaban J connectivity index is 1.55. The van der Waals surface area contributed by atoms with Crippen LogP contribution in [0.3, 0.4) is 0 Å². The fourth-order valence-electron chi connectivity index (χ4n) is 2.87. The third-order valence-electron chi connectivity index (χ3n) is 3.98. The van der Waals surface area contributed by atoms with Crippen LogP contribution in [0.25, 0.3) is 0 Å². The van der Waals surface area contributed by atoms with Gasteiger partial charge in [0, 0.05) is 17.6 Å². The first-order valence-electron chi connectivity index (χ1n) is 7.87. The molecule has 0 radical (unpaired) electrons. The van der Waals surface area contributed by atoms with Crippen molar-refractivity contribution in [1.29, 1.82) is 0 Å². The molecule has 1 aliphatic rings. The monoisotopic (exact) mass is 345 g/mol. The van der Waals surface area contributed by atoms with Crippen LogP contribution in [0.15, 0.2) is 35.7 Å². The van der Waals surface area contributed by atoms with Crippen LogP contribution in [-0.4, -0.2) is 39.5 Å². The predicted octanol–water partition coefficient (Wildman–Crippen LogP) is 2.37. The van der Waals surface area contributed by atoms with Crippen LogP contribution in [0.4, 0.5) is 5.69 Å². The zero-order chi connectivity index (χ0) is 16.9. The Hall–Kier alpha value is -2.25. The molecule has 24 heavy (non-hydrogen) atoms. The lowest BCUT2D eigenvalue weighted by Crippen LogP contribution is -2.35. The normalized spacial score (nSPS) is 17.8. The number of nitrogens with zero attached hydrogens (tertiary/aromatic N) is 2. The van der Waals surface area contributed by atoms with Gasteiger partial charge in [-0.05, 0) is 31.5 Å². The van der Waals surface area contributed by atoms with Crippen molar-refractivity contribution >= 4 is 28.9 Å². The topological polar surface area (TPSA) is 82.5 Å². The van der Waals surface area contributed by atoms with E-state index in [1.165, 1.54) is 11.3 Å². The van der Waals surface area contributed by atoms with Gasteiger partial charge in [-0.25, -0.2) is 4.98 Å². The molecule has 0 spiro atoms. The number of carbonyl (C=O) groups is 2. The Kier molecular flexibility index (Phi) is 5.22. The van der Waals surface area contributed by atoms with Crippen LogP contribution in [0.5, 0.6) is 0 Å². The second-order valence-electron chi connectivity index (χ2n) is 5.79. The standard InChI is InChI=1S/C17H19N3O3S/c21-15(18-12-5-2-1-3-6-12)9-16-19-13(11-24-16)10-20-8-4-7-14(20)17(22)23/h1-3,5-6,11,14H,4,7-10H2,(H,18,21)(H,22,23)/t14-/m1/s1. The number of hydrogen-bond acceptors (Lipinski definition) is 5. The van der Waals surface area contributed by atoms with Gasteiger partial charge in [0.15, 0.2) is 0 Å². The number of para-hydroxylation sites is 1. The van der Waals surface area contributed by atoms with Gasteiger partial charge in [0.1, 0.15) is 11.0 Å². The highest BCUT2D eigenvalue weighted by atomic mass is 32.1. The molecule has 1 aromatic carbocycles. The van der Waals surface area contributed by atoms with Crippen molar-refractivity contribution in [3.8, 4) is 0 Å². The maximum absolute atomic E-state index is 12.0. The first kappa shape index (κ1) is 16.6. The number of likely N-dealkylation sites (tertiary alicyclic amines) is 1. The molecule has 3 rings (SSSR count). The van der Waals surface area contributed by atoms with Gasteiger partial charge in [-0.1, -0.05) is 18.2 Å². The number of aromatic nitrogens is 1. The summed E-state index contributed by atoms with van der Waals surface area (Å²) < 4.78 is 0. The molecule has 1 aromatic heterocycles. The summed E-state index contributed by atoms with van der Waals surface area (Å²) in [6.45, 7) is 1.30. The zero-order valence-electron chi connectivity index (χ0n) is 13.1. The molecule has 2 N–H and O–H groups in total. The average Bonchev–Trinajstić information content (AvgIpc) is 3.18. The molecule has 126 valence electrons. The lowest BCUT2D eigenvalue weighted by molar-refractivity contribution is -0.142. The highest BCUT2D eigenvalue weighted by Gasteiger charge is 2.30. The van der Waals surface area contributed by atoms with E-state index < -0.39 is 12.0 Å². The van der Waals surface area contributed by atoms with Crippen LogP contribution in [0, 0.1) is 0 Å². The Morgan fingerprint density at radius 1 is 1.33 bits per heavy atom. The number of carbonyl (C=O) groups excluding carboxylic acids is 1. The van der Waals surface area contributed by atoms with E-state index >= 15 is 0 Å². The Labute approximate surface area is 144 Å². The number of aliphatic carboxylic acids is 1.